The lowest BCUT2D eigenvalue weighted by molar-refractivity contribution is -0.0108. The van der Waals surface area contributed by atoms with Gasteiger partial charge in [-0.05, 0) is 25.5 Å². The zero-order valence-electron chi connectivity index (χ0n) is 12.2. The second kappa shape index (κ2) is 7.63. The van der Waals surface area contributed by atoms with Crippen LogP contribution in [0.15, 0.2) is 24.3 Å². The van der Waals surface area contributed by atoms with Crippen LogP contribution in [0.25, 0.3) is 0 Å². The second-order valence-corrected chi connectivity index (χ2v) is 5.39. The van der Waals surface area contributed by atoms with Gasteiger partial charge in [-0.3, -0.25) is 4.90 Å². The van der Waals surface area contributed by atoms with Crippen LogP contribution in [0.5, 0.6) is 0 Å². The summed E-state index contributed by atoms with van der Waals surface area (Å²) in [5.74, 6) is 0. The van der Waals surface area contributed by atoms with E-state index >= 15 is 0 Å². The Morgan fingerprint density at radius 1 is 1.32 bits per heavy atom. The number of hydrogen-bond donors (Lipinski definition) is 1. The van der Waals surface area contributed by atoms with Gasteiger partial charge in [0.2, 0.25) is 0 Å². The van der Waals surface area contributed by atoms with Crippen molar-refractivity contribution in [3.05, 3.63) is 35.4 Å². The molecule has 0 aliphatic carbocycles. The molecule has 1 N–H and O–H groups in total. The number of morpholine rings is 1. The molecule has 0 saturated carbocycles. The van der Waals surface area contributed by atoms with E-state index in [2.05, 4.69) is 48.3 Å². The van der Waals surface area contributed by atoms with E-state index in [0.29, 0.717) is 6.04 Å². The molecule has 3 heteroatoms. The Morgan fingerprint density at radius 2 is 2.11 bits per heavy atom. The standard InChI is InChI=1S/C16H26N2O/c1-3-8-17-11-16-13-19-10-9-18(16)12-15-6-4-14(2)5-7-15/h4-7,16-17H,3,8-13H2,1-2H3. The van der Waals surface area contributed by atoms with Crippen molar-refractivity contribution in [1.29, 1.82) is 0 Å². The van der Waals surface area contributed by atoms with Gasteiger partial charge in [-0.2, -0.15) is 0 Å². The maximum atomic E-state index is 5.62. The average molecular weight is 262 g/mol. The lowest BCUT2D eigenvalue weighted by Gasteiger charge is -2.35. The van der Waals surface area contributed by atoms with Crippen LogP contribution in [0.4, 0.5) is 0 Å². The summed E-state index contributed by atoms with van der Waals surface area (Å²) >= 11 is 0. The van der Waals surface area contributed by atoms with Crippen LogP contribution in [-0.2, 0) is 11.3 Å². The van der Waals surface area contributed by atoms with Crippen molar-refractivity contribution < 1.29 is 4.74 Å². The Morgan fingerprint density at radius 3 is 2.84 bits per heavy atom. The SMILES string of the molecule is CCCNCC1COCCN1Cc1ccc(C)cc1. The number of benzene rings is 1. The third-order valence-electron chi connectivity index (χ3n) is 3.66. The summed E-state index contributed by atoms with van der Waals surface area (Å²) in [6.07, 6.45) is 1.19. The lowest BCUT2D eigenvalue weighted by atomic mass is 10.1. The molecule has 1 aliphatic rings. The number of nitrogens with zero attached hydrogens (tertiary/aromatic N) is 1. The zero-order chi connectivity index (χ0) is 13.5. The molecule has 0 amide bonds. The molecule has 0 spiro atoms. The zero-order valence-corrected chi connectivity index (χ0v) is 12.2. The van der Waals surface area contributed by atoms with Crippen LogP contribution in [0.3, 0.4) is 0 Å². The number of hydrogen-bond acceptors (Lipinski definition) is 3. The van der Waals surface area contributed by atoms with Gasteiger partial charge in [-0.15, -0.1) is 0 Å². The molecule has 1 unspecified atom stereocenters. The first kappa shape index (κ1) is 14.5. The van der Waals surface area contributed by atoms with Gasteiger partial charge in [0.05, 0.1) is 13.2 Å². The topological polar surface area (TPSA) is 24.5 Å². The minimum atomic E-state index is 0.501. The Kier molecular flexibility index (Phi) is 5.83. The lowest BCUT2D eigenvalue weighted by Crippen LogP contribution is -2.49. The summed E-state index contributed by atoms with van der Waals surface area (Å²) < 4.78 is 5.62. The fraction of sp³-hybridized carbons (Fsp3) is 0.625. The molecule has 1 aliphatic heterocycles. The van der Waals surface area contributed by atoms with E-state index in [0.717, 1.165) is 39.4 Å². The van der Waals surface area contributed by atoms with Crippen molar-refractivity contribution >= 4 is 0 Å². The van der Waals surface area contributed by atoms with Gasteiger partial charge in [0, 0.05) is 25.7 Å². The minimum Gasteiger partial charge on any atom is -0.378 e. The molecule has 1 heterocycles. The summed E-state index contributed by atoms with van der Waals surface area (Å²) in [7, 11) is 0. The first-order valence-corrected chi connectivity index (χ1v) is 7.37. The molecule has 1 atom stereocenters. The van der Waals surface area contributed by atoms with Crippen molar-refractivity contribution in [3.63, 3.8) is 0 Å². The van der Waals surface area contributed by atoms with Crippen LogP contribution in [-0.4, -0.2) is 43.8 Å². The van der Waals surface area contributed by atoms with E-state index in [1.165, 1.54) is 17.5 Å². The van der Waals surface area contributed by atoms with Gasteiger partial charge in [0.15, 0.2) is 0 Å². The van der Waals surface area contributed by atoms with Crippen molar-refractivity contribution in [2.24, 2.45) is 0 Å². The summed E-state index contributed by atoms with van der Waals surface area (Å²) in [4.78, 5) is 2.54. The number of rotatable bonds is 6. The van der Waals surface area contributed by atoms with E-state index in [1.807, 2.05) is 0 Å². The van der Waals surface area contributed by atoms with E-state index in [-0.39, 0.29) is 0 Å². The van der Waals surface area contributed by atoms with Gasteiger partial charge in [0.1, 0.15) is 0 Å². The highest BCUT2D eigenvalue weighted by molar-refractivity contribution is 5.21. The maximum Gasteiger partial charge on any atom is 0.0635 e. The highest BCUT2D eigenvalue weighted by atomic mass is 16.5. The minimum absolute atomic E-state index is 0.501. The summed E-state index contributed by atoms with van der Waals surface area (Å²) in [6.45, 7) is 10.2. The van der Waals surface area contributed by atoms with E-state index in [4.69, 9.17) is 4.74 Å². The smallest absolute Gasteiger partial charge is 0.0635 e. The van der Waals surface area contributed by atoms with Crippen molar-refractivity contribution in [2.75, 3.05) is 32.8 Å². The fourth-order valence-corrected chi connectivity index (χ4v) is 2.46. The Bertz CT molecular complexity index is 364. The van der Waals surface area contributed by atoms with Crippen LogP contribution < -0.4 is 5.32 Å². The largest absolute Gasteiger partial charge is 0.378 e. The highest BCUT2D eigenvalue weighted by Gasteiger charge is 2.22. The molecule has 2 rings (SSSR count). The number of nitrogens with one attached hydrogen (secondary N) is 1. The molecule has 106 valence electrons. The van der Waals surface area contributed by atoms with Crippen molar-refractivity contribution in [1.82, 2.24) is 10.2 Å². The summed E-state index contributed by atoms with van der Waals surface area (Å²) in [5, 5.41) is 3.51. The third-order valence-corrected chi connectivity index (χ3v) is 3.66. The first-order valence-electron chi connectivity index (χ1n) is 7.37. The predicted molar refractivity (Wildman–Crippen MR) is 79.4 cm³/mol. The van der Waals surface area contributed by atoms with Crippen molar-refractivity contribution in [2.45, 2.75) is 32.9 Å². The van der Waals surface area contributed by atoms with Crippen LogP contribution >= 0.6 is 0 Å². The Labute approximate surface area is 116 Å². The normalized spacial score (nSPS) is 20.6. The molecule has 1 saturated heterocycles. The molecule has 1 fully saturated rings. The van der Waals surface area contributed by atoms with E-state index in [1.54, 1.807) is 0 Å². The molecule has 0 radical (unpaired) electrons. The van der Waals surface area contributed by atoms with E-state index in [9.17, 15) is 0 Å². The third kappa shape index (κ3) is 4.60. The van der Waals surface area contributed by atoms with E-state index < -0.39 is 0 Å². The monoisotopic (exact) mass is 262 g/mol. The fourth-order valence-electron chi connectivity index (χ4n) is 2.46. The summed E-state index contributed by atoms with van der Waals surface area (Å²) in [5.41, 5.74) is 2.72. The molecule has 1 aromatic rings. The van der Waals surface area contributed by atoms with Gasteiger partial charge < -0.3 is 10.1 Å². The molecular weight excluding hydrogens is 236 g/mol. The maximum absolute atomic E-state index is 5.62. The average Bonchev–Trinajstić information content (AvgIpc) is 2.43. The Balaban J connectivity index is 1.89. The van der Waals surface area contributed by atoms with Gasteiger partial charge >= 0.3 is 0 Å². The Hall–Kier alpha value is -0.900. The second-order valence-electron chi connectivity index (χ2n) is 5.39. The predicted octanol–water partition coefficient (Wildman–Crippen LogP) is 2.20. The highest BCUT2D eigenvalue weighted by Crippen LogP contribution is 2.12. The van der Waals surface area contributed by atoms with Gasteiger partial charge in [-0.25, -0.2) is 0 Å². The van der Waals surface area contributed by atoms with Crippen LogP contribution in [0.1, 0.15) is 24.5 Å². The summed E-state index contributed by atoms with van der Waals surface area (Å²) in [6, 6.07) is 9.37. The van der Waals surface area contributed by atoms with Gasteiger partial charge in [-0.1, -0.05) is 36.8 Å². The molecule has 3 nitrogen and oxygen atoms in total. The van der Waals surface area contributed by atoms with Crippen molar-refractivity contribution in [3.8, 4) is 0 Å². The molecule has 0 bridgehead atoms. The first-order chi connectivity index (χ1) is 9.29. The molecule has 19 heavy (non-hydrogen) atoms. The number of ether oxygens (including phenoxy) is 1. The van der Waals surface area contributed by atoms with Gasteiger partial charge in [0.25, 0.3) is 0 Å². The molecule has 1 aromatic carbocycles. The number of aryl methyl sites for hydroxylation is 1. The van der Waals surface area contributed by atoms with Crippen LogP contribution in [0.2, 0.25) is 0 Å². The quantitative estimate of drug-likeness (QED) is 0.795. The molecule has 0 aromatic heterocycles. The van der Waals surface area contributed by atoms with Crippen LogP contribution in [0, 0.1) is 6.92 Å². The molecular formula is C16H26N2O.